The number of hydrogen-bond acceptors (Lipinski definition) is 4. The van der Waals surface area contributed by atoms with Crippen LogP contribution in [0.15, 0.2) is 78.9 Å². The Kier molecular flexibility index (Phi) is 11.3. The number of nitrogens with one attached hydrogen (secondary N) is 1. The molecule has 1 fully saturated rings. The summed E-state index contributed by atoms with van der Waals surface area (Å²) in [5.74, 6) is -0.593. The molecule has 0 saturated heterocycles. The van der Waals surface area contributed by atoms with Crippen LogP contribution >= 0.6 is 0 Å². The van der Waals surface area contributed by atoms with Gasteiger partial charge in [0.2, 0.25) is 21.8 Å². The van der Waals surface area contributed by atoms with Gasteiger partial charge in [-0.25, -0.2) is 8.42 Å². The third-order valence-electron chi connectivity index (χ3n) is 8.02. The van der Waals surface area contributed by atoms with Gasteiger partial charge in [-0.3, -0.25) is 13.9 Å². The summed E-state index contributed by atoms with van der Waals surface area (Å²) in [5.41, 5.74) is 1.64. The fourth-order valence-corrected chi connectivity index (χ4v) is 6.73. The monoisotopic (exact) mass is 643 g/mol. The first-order valence-corrected chi connectivity index (χ1v) is 17.0. The highest BCUT2D eigenvalue weighted by Gasteiger charge is 2.33. The van der Waals surface area contributed by atoms with Gasteiger partial charge in [-0.15, -0.1) is 0 Å². The van der Waals surface area contributed by atoms with Crippen molar-refractivity contribution in [3.8, 4) is 0 Å². The Labute approximate surface area is 263 Å². The van der Waals surface area contributed by atoms with E-state index in [1.165, 1.54) is 6.07 Å². The zero-order valence-electron chi connectivity index (χ0n) is 25.6. The molecule has 45 heavy (non-hydrogen) atoms. The van der Waals surface area contributed by atoms with Crippen molar-refractivity contribution in [3.05, 3.63) is 101 Å². The Balaban J connectivity index is 1.59. The van der Waals surface area contributed by atoms with Gasteiger partial charge in [0.1, 0.15) is 6.04 Å². The second kappa shape index (κ2) is 14.9. The van der Waals surface area contributed by atoms with Crippen LogP contribution in [-0.2, 0) is 38.8 Å². The molecule has 242 valence electrons. The molecule has 4 rings (SSSR count). The molecule has 0 unspecified atom stereocenters. The predicted octanol–water partition coefficient (Wildman–Crippen LogP) is 6.26. The maximum atomic E-state index is 14.0. The molecule has 0 spiro atoms. The van der Waals surface area contributed by atoms with E-state index in [0.717, 1.165) is 71.1 Å². The van der Waals surface area contributed by atoms with Crippen LogP contribution in [0.2, 0.25) is 0 Å². The summed E-state index contributed by atoms with van der Waals surface area (Å²) in [4.78, 5) is 29.4. The number of carbonyl (C=O) groups excluding carboxylic acids is 2. The molecule has 11 heteroatoms. The van der Waals surface area contributed by atoms with Crippen molar-refractivity contribution < 1.29 is 31.2 Å². The molecule has 2 amide bonds. The fraction of sp³-hybridized carbons (Fsp3) is 0.412. The normalized spacial score (nSPS) is 14.6. The van der Waals surface area contributed by atoms with Crippen molar-refractivity contribution in [2.24, 2.45) is 0 Å². The van der Waals surface area contributed by atoms with E-state index in [0.29, 0.717) is 0 Å². The Bertz CT molecular complexity index is 1560. The summed E-state index contributed by atoms with van der Waals surface area (Å²) in [6, 6.07) is 20.5. The second-order valence-electron chi connectivity index (χ2n) is 11.7. The van der Waals surface area contributed by atoms with Gasteiger partial charge in [0.05, 0.1) is 17.5 Å². The second-order valence-corrected chi connectivity index (χ2v) is 13.6. The molecule has 1 N–H and O–H groups in total. The predicted molar refractivity (Wildman–Crippen MR) is 169 cm³/mol. The Morgan fingerprint density at radius 3 is 2.24 bits per heavy atom. The molecule has 0 aliphatic heterocycles. The average Bonchev–Trinajstić information content (AvgIpc) is 3.49. The van der Waals surface area contributed by atoms with Crippen LogP contribution in [0.3, 0.4) is 0 Å². The standard InChI is InChI=1S/C34H40F3N3O4S/c1-25-11-8-14-27(21-25)24-39(31(22-26-12-4-3-5-13-26)33(42)38-29-16-6-7-17-29)32(41)19-10-20-40(45(2,43)44)30-18-9-15-28(23-30)34(35,36)37/h3-5,8-9,11-15,18,21,23,29,31H,6-7,10,16-17,19-20,22,24H2,1-2H3,(H,38,42)/t31-/m1/s1. The van der Waals surface area contributed by atoms with Crippen molar-refractivity contribution in [2.75, 3.05) is 17.1 Å². The summed E-state index contributed by atoms with van der Waals surface area (Å²) in [6.07, 6.45) is 0.315. The number of benzene rings is 3. The Morgan fingerprint density at radius 1 is 0.933 bits per heavy atom. The zero-order chi connectivity index (χ0) is 32.6. The van der Waals surface area contributed by atoms with E-state index in [1.54, 1.807) is 4.90 Å². The molecular formula is C34H40F3N3O4S. The van der Waals surface area contributed by atoms with Crippen LogP contribution in [0.4, 0.5) is 18.9 Å². The molecule has 0 bridgehead atoms. The minimum absolute atomic E-state index is 0.0365. The smallest absolute Gasteiger partial charge is 0.352 e. The SMILES string of the molecule is Cc1cccc(CN(C(=O)CCCN(c2cccc(C(F)(F)F)c2)S(C)(=O)=O)[C@H](Cc2ccccc2)C(=O)NC2CCCC2)c1. The zero-order valence-corrected chi connectivity index (χ0v) is 26.4. The van der Waals surface area contributed by atoms with E-state index >= 15 is 0 Å². The molecular weight excluding hydrogens is 603 g/mol. The number of hydrogen-bond donors (Lipinski definition) is 1. The number of rotatable bonds is 13. The average molecular weight is 644 g/mol. The molecule has 1 saturated carbocycles. The lowest BCUT2D eigenvalue weighted by atomic mass is 10.0. The highest BCUT2D eigenvalue weighted by molar-refractivity contribution is 7.92. The van der Waals surface area contributed by atoms with Gasteiger partial charge in [-0.1, -0.05) is 79.1 Å². The van der Waals surface area contributed by atoms with E-state index in [2.05, 4.69) is 5.32 Å². The third-order valence-corrected chi connectivity index (χ3v) is 9.22. The Morgan fingerprint density at radius 2 is 1.60 bits per heavy atom. The third kappa shape index (κ3) is 9.81. The van der Waals surface area contributed by atoms with Crippen LogP contribution in [0.25, 0.3) is 0 Å². The van der Waals surface area contributed by atoms with Gasteiger partial charge < -0.3 is 10.2 Å². The molecule has 1 atom stereocenters. The van der Waals surface area contributed by atoms with Crippen LogP contribution < -0.4 is 9.62 Å². The lowest BCUT2D eigenvalue weighted by Gasteiger charge is -2.33. The first-order chi connectivity index (χ1) is 21.3. The number of amides is 2. The molecule has 0 heterocycles. The van der Waals surface area contributed by atoms with Crippen LogP contribution in [-0.4, -0.2) is 50.0 Å². The molecule has 0 aromatic heterocycles. The quantitative estimate of drug-likeness (QED) is 0.238. The van der Waals surface area contributed by atoms with Gasteiger partial charge in [0.25, 0.3) is 0 Å². The van der Waals surface area contributed by atoms with E-state index in [9.17, 15) is 31.2 Å². The summed E-state index contributed by atoms with van der Waals surface area (Å²) in [6.45, 7) is 1.90. The van der Waals surface area contributed by atoms with Crippen LogP contribution in [0.5, 0.6) is 0 Å². The molecule has 0 radical (unpaired) electrons. The lowest BCUT2D eigenvalue weighted by Crippen LogP contribution is -2.52. The first-order valence-electron chi connectivity index (χ1n) is 15.2. The largest absolute Gasteiger partial charge is 0.416 e. The molecule has 1 aliphatic carbocycles. The van der Waals surface area contributed by atoms with Gasteiger partial charge in [-0.2, -0.15) is 13.2 Å². The van der Waals surface area contributed by atoms with E-state index in [4.69, 9.17) is 0 Å². The Hall–Kier alpha value is -3.86. The number of nitrogens with zero attached hydrogens (tertiary/aromatic N) is 2. The van der Waals surface area contributed by atoms with Crippen molar-refractivity contribution >= 4 is 27.5 Å². The van der Waals surface area contributed by atoms with Crippen molar-refractivity contribution in [1.29, 1.82) is 0 Å². The number of sulfonamides is 1. The van der Waals surface area contributed by atoms with E-state index in [1.807, 2.05) is 61.5 Å². The van der Waals surface area contributed by atoms with Gasteiger partial charge in [0, 0.05) is 32.0 Å². The highest BCUT2D eigenvalue weighted by Crippen LogP contribution is 2.32. The first kappa shape index (κ1) is 34.0. The number of halogens is 3. The lowest BCUT2D eigenvalue weighted by molar-refractivity contribution is -0.141. The van der Waals surface area contributed by atoms with Crippen molar-refractivity contribution in [1.82, 2.24) is 10.2 Å². The summed E-state index contributed by atoms with van der Waals surface area (Å²) < 4.78 is 66.2. The van der Waals surface area contributed by atoms with Gasteiger partial charge in [0.15, 0.2) is 0 Å². The maximum absolute atomic E-state index is 14.0. The van der Waals surface area contributed by atoms with Crippen molar-refractivity contribution in [3.63, 3.8) is 0 Å². The minimum atomic E-state index is -4.64. The maximum Gasteiger partial charge on any atom is 0.416 e. The molecule has 7 nitrogen and oxygen atoms in total. The number of alkyl halides is 3. The molecule has 3 aromatic rings. The molecule has 3 aromatic carbocycles. The number of carbonyl (C=O) groups is 2. The number of anilines is 1. The highest BCUT2D eigenvalue weighted by atomic mass is 32.2. The van der Waals surface area contributed by atoms with E-state index in [-0.39, 0.29) is 55.9 Å². The fourth-order valence-electron chi connectivity index (χ4n) is 5.77. The summed E-state index contributed by atoms with van der Waals surface area (Å²) in [5, 5.41) is 3.15. The van der Waals surface area contributed by atoms with Gasteiger partial charge in [-0.05, 0) is 55.5 Å². The topological polar surface area (TPSA) is 86.8 Å². The van der Waals surface area contributed by atoms with Crippen molar-refractivity contribution in [2.45, 2.75) is 76.7 Å². The van der Waals surface area contributed by atoms with E-state index < -0.39 is 27.8 Å². The van der Waals surface area contributed by atoms with Gasteiger partial charge >= 0.3 is 6.18 Å². The van der Waals surface area contributed by atoms with Crippen LogP contribution in [0.1, 0.15) is 60.8 Å². The van der Waals surface area contributed by atoms with Crippen LogP contribution in [0, 0.1) is 6.92 Å². The minimum Gasteiger partial charge on any atom is -0.352 e. The molecule has 1 aliphatic rings. The number of aryl methyl sites for hydroxylation is 1. The summed E-state index contributed by atoms with van der Waals surface area (Å²) in [7, 11) is -3.96. The summed E-state index contributed by atoms with van der Waals surface area (Å²) >= 11 is 0.